The molecule has 0 radical (unpaired) electrons. The first kappa shape index (κ1) is 22.1. The third kappa shape index (κ3) is 3.60. The standard InChI is InChI=1S/C16H14O12/c1-25-13(21)7-5(11(17)18)9(15(23)27-3)10(16(24)28-4)6(12(19)20)8(7)14(22)26-2/h1-4H3,(H,17,18)(H,19,20). The molecule has 1 rings (SSSR count). The normalized spacial score (nSPS) is 9.86. The van der Waals surface area contributed by atoms with Crippen LogP contribution in [0.15, 0.2) is 0 Å². The van der Waals surface area contributed by atoms with Gasteiger partial charge < -0.3 is 29.2 Å². The fraction of sp³-hybridized carbons (Fsp3) is 0.250. The van der Waals surface area contributed by atoms with Gasteiger partial charge in [0, 0.05) is 0 Å². The number of carbonyl (C=O) groups is 6. The van der Waals surface area contributed by atoms with Crippen LogP contribution in [-0.4, -0.2) is 74.5 Å². The van der Waals surface area contributed by atoms with Gasteiger partial charge in [0.25, 0.3) is 0 Å². The highest BCUT2D eigenvalue weighted by molar-refractivity contribution is 6.23. The summed E-state index contributed by atoms with van der Waals surface area (Å²) in [7, 11) is 3.28. The Balaban J connectivity index is 4.54. The number of hydrogen-bond acceptors (Lipinski definition) is 10. The lowest BCUT2D eigenvalue weighted by Gasteiger charge is -2.19. The van der Waals surface area contributed by atoms with Crippen molar-refractivity contribution in [3.8, 4) is 0 Å². The zero-order chi connectivity index (χ0) is 21.8. The van der Waals surface area contributed by atoms with Gasteiger partial charge in [0.05, 0.1) is 61.8 Å². The number of carbonyl (C=O) groups excluding carboxylic acids is 4. The molecule has 0 unspecified atom stereocenters. The van der Waals surface area contributed by atoms with Crippen LogP contribution in [0, 0.1) is 0 Å². The number of esters is 4. The average Bonchev–Trinajstić information content (AvgIpc) is 2.68. The predicted molar refractivity (Wildman–Crippen MR) is 85.7 cm³/mol. The topological polar surface area (TPSA) is 180 Å². The molecule has 0 bridgehead atoms. The first-order valence-corrected chi connectivity index (χ1v) is 7.12. The lowest BCUT2D eigenvalue weighted by atomic mass is 9.85. The summed E-state index contributed by atoms with van der Waals surface area (Å²) in [5.41, 5.74) is -6.80. The predicted octanol–water partition coefficient (Wildman–Crippen LogP) is 0.229. The van der Waals surface area contributed by atoms with E-state index in [4.69, 9.17) is 0 Å². The number of carboxylic acid groups (broad SMARTS) is 2. The Labute approximate surface area is 156 Å². The molecule has 0 spiro atoms. The minimum Gasteiger partial charge on any atom is -0.478 e. The summed E-state index contributed by atoms with van der Waals surface area (Å²) < 4.78 is 17.7. The Morgan fingerprint density at radius 1 is 0.464 bits per heavy atom. The first-order chi connectivity index (χ1) is 13.1. The molecule has 2 N–H and O–H groups in total. The molecule has 28 heavy (non-hydrogen) atoms. The van der Waals surface area contributed by atoms with E-state index in [0.717, 1.165) is 28.4 Å². The molecule has 0 atom stereocenters. The average molecular weight is 398 g/mol. The van der Waals surface area contributed by atoms with E-state index in [9.17, 15) is 39.0 Å². The van der Waals surface area contributed by atoms with Crippen molar-refractivity contribution in [3.05, 3.63) is 33.4 Å². The molecule has 0 fully saturated rings. The van der Waals surface area contributed by atoms with Crippen LogP contribution >= 0.6 is 0 Å². The summed E-state index contributed by atoms with van der Waals surface area (Å²) in [6.07, 6.45) is 0. The van der Waals surface area contributed by atoms with Crippen LogP contribution < -0.4 is 0 Å². The van der Waals surface area contributed by atoms with Gasteiger partial charge in [0.1, 0.15) is 0 Å². The van der Waals surface area contributed by atoms with Crippen molar-refractivity contribution in [2.75, 3.05) is 28.4 Å². The van der Waals surface area contributed by atoms with Gasteiger partial charge in [-0.05, 0) is 0 Å². The highest BCUT2D eigenvalue weighted by Gasteiger charge is 2.41. The van der Waals surface area contributed by atoms with Gasteiger partial charge in [0.2, 0.25) is 0 Å². The van der Waals surface area contributed by atoms with E-state index in [1.807, 2.05) is 0 Å². The Hall–Kier alpha value is -3.96. The van der Waals surface area contributed by atoms with E-state index >= 15 is 0 Å². The summed E-state index contributed by atoms with van der Waals surface area (Å²) >= 11 is 0. The molecule has 0 amide bonds. The Kier molecular flexibility index (Phi) is 6.80. The molecule has 1 aromatic rings. The molecule has 1 aromatic carbocycles. The molecule has 0 aliphatic rings. The number of aromatic carboxylic acids is 2. The lowest BCUT2D eigenvalue weighted by Crippen LogP contribution is -2.29. The summed E-state index contributed by atoms with van der Waals surface area (Å²) in [6, 6.07) is 0. The first-order valence-electron chi connectivity index (χ1n) is 7.12. The minimum atomic E-state index is -1.95. The van der Waals surface area contributed by atoms with E-state index < -0.39 is 69.2 Å². The maximum Gasteiger partial charge on any atom is 0.339 e. The van der Waals surface area contributed by atoms with Crippen molar-refractivity contribution in [3.63, 3.8) is 0 Å². The van der Waals surface area contributed by atoms with Crippen LogP contribution in [0.25, 0.3) is 0 Å². The maximum absolute atomic E-state index is 12.2. The molecule has 0 aliphatic carbocycles. The molecule has 12 heteroatoms. The molecular weight excluding hydrogens is 384 g/mol. The molecule has 0 heterocycles. The van der Waals surface area contributed by atoms with Crippen LogP contribution in [0.1, 0.15) is 62.1 Å². The smallest absolute Gasteiger partial charge is 0.339 e. The quantitative estimate of drug-likeness (QED) is 0.492. The second-order valence-electron chi connectivity index (χ2n) is 4.83. The van der Waals surface area contributed by atoms with Crippen molar-refractivity contribution >= 4 is 35.8 Å². The second-order valence-corrected chi connectivity index (χ2v) is 4.83. The zero-order valence-electron chi connectivity index (χ0n) is 15.0. The lowest BCUT2D eigenvalue weighted by molar-refractivity contribution is 0.0514. The van der Waals surface area contributed by atoms with Gasteiger partial charge in [-0.15, -0.1) is 0 Å². The number of ether oxygens (including phenoxy) is 4. The van der Waals surface area contributed by atoms with Crippen LogP contribution in [0.3, 0.4) is 0 Å². The highest BCUT2D eigenvalue weighted by atomic mass is 16.5. The summed E-state index contributed by atoms with van der Waals surface area (Å²) in [6.45, 7) is 0. The number of rotatable bonds is 6. The Morgan fingerprint density at radius 2 is 0.643 bits per heavy atom. The third-order valence-corrected chi connectivity index (χ3v) is 3.49. The van der Waals surface area contributed by atoms with E-state index in [1.165, 1.54) is 0 Å². The number of methoxy groups -OCH3 is 4. The third-order valence-electron chi connectivity index (χ3n) is 3.49. The largest absolute Gasteiger partial charge is 0.478 e. The zero-order valence-corrected chi connectivity index (χ0v) is 15.0. The van der Waals surface area contributed by atoms with Gasteiger partial charge in [-0.2, -0.15) is 0 Å². The van der Waals surface area contributed by atoms with Gasteiger partial charge in [-0.1, -0.05) is 0 Å². The van der Waals surface area contributed by atoms with Crippen molar-refractivity contribution < 1.29 is 57.9 Å². The molecule has 150 valence electrons. The Bertz CT molecular complexity index is 765. The van der Waals surface area contributed by atoms with Crippen molar-refractivity contribution in [1.29, 1.82) is 0 Å². The van der Waals surface area contributed by atoms with Gasteiger partial charge in [0.15, 0.2) is 0 Å². The van der Waals surface area contributed by atoms with Gasteiger partial charge in [-0.25, -0.2) is 28.8 Å². The number of benzene rings is 1. The number of hydrogen-bond donors (Lipinski definition) is 2. The molecule has 0 saturated heterocycles. The van der Waals surface area contributed by atoms with E-state index in [1.54, 1.807) is 0 Å². The molecule has 12 nitrogen and oxygen atoms in total. The number of carboxylic acids is 2. The fourth-order valence-corrected chi connectivity index (χ4v) is 2.40. The summed E-state index contributed by atoms with van der Waals surface area (Å²) in [5.74, 6) is -9.78. The second kappa shape index (κ2) is 8.62. The van der Waals surface area contributed by atoms with Crippen LogP contribution in [-0.2, 0) is 18.9 Å². The maximum atomic E-state index is 12.2. The molecule has 0 aromatic heterocycles. The minimum absolute atomic E-state index is 0.821. The SMILES string of the molecule is COC(=O)c1c(C(=O)O)c(C(=O)OC)c(C(=O)OC)c(C(=O)O)c1C(=O)OC. The molecular formula is C16H14O12. The molecule has 0 aliphatic heterocycles. The Morgan fingerprint density at radius 3 is 0.750 bits per heavy atom. The van der Waals surface area contributed by atoms with Crippen LogP contribution in [0.2, 0.25) is 0 Å². The van der Waals surface area contributed by atoms with E-state index in [-0.39, 0.29) is 0 Å². The van der Waals surface area contributed by atoms with Crippen molar-refractivity contribution in [1.82, 2.24) is 0 Å². The molecule has 0 saturated carbocycles. The van der Waals surface area contributed by atoms with Crippen LogP contribution in [0.4, 0.5) is 0 Å². The van der Waals surface area contributed by atoms with E-state index in [0.29, 0.717) is 0 Å². The van der Waals surface area contributed by atoms with E-state index in [2.05, 4.69) is 18.9 Å². The van der Waals surface area contributed by atoms with Gasteiger partial charge in [-0.3, -0.25) is 0 Å². The monoisotopic (exact) mass is 398 g/mol. The fourth-order valence-electron chi connectivity index (χ4n) is 2.40. The van der Waals surface area contributed by atoms with Gasteiger partial charge >= 0.3 is 35.8 Å². The summed E-state index contributed by atoms with van der Waals surface area (Å²) in [4.78, 5) is 72.5. The van der Waals surface area contributed by atoms with Crippen molar-refractivity contribution in [2.24, 2.45) is 0 Å². The highest BCUT2D eigenvalue weighted by Crippen LogP contribution is 2.31. The van der Waals surface area contributed by atoms with Crippen LogP contribution in [0.5, 0.6) is 0 Å². The van der Waals surface area contributed by atoms with Crippen molar-refractivity contribution in [2.45, 2.75) is 0 Å². The summed E-state index contributed by atoms with van der Waals surface area (Å²) in [5, 5.41) is 19.1.